The van der Waals surface area contributed by atoms with Crippen LogP contribution in [-0.2, 0) is 6.42 Å². The standard InChI is InChI=1S/C12H16Br2O/c1-3-9(8-13)6-10-7-11(15-2)4-5-12(10)14/h4-5,7,9H,3,6,8H2,1-2H3. The number of benzene rings is 1. The van der Waals surface area contributed by atoms with Crippen LogP contribution in [0.4, 0.5) is 0 Å². The van der Waals surface area contributed by atoms with E-state index in [9.17, 15) is 0 Å². The van der Waals surface area contributed by atoms with E-state index in [0.717, 1.165) is 17.5 Å². The third-order valence-electron chi connectivity index (χ3n) is 2.56. The number of hydrogen-bond donors (Lipinski definition) is 0. The average molecular weight is 336 g/mol. The third kappa shape index (κ3) is 3.80. The molecule has 0 fully saturated rings. The molecule has 84 valence electrons. The molecular weight excluding hydrogens is 320 g/mol. The maximum Gasteiger partial charge on any atom is 0.119 e. The fraction of sp³-hybridized carbons (Fsp3) is 0.500. The van der Waals surface area contributed by atoms with Crippen LogP contribution in [0.5, 0.6) is 5.75 Å². The summed E-state index contributed by atoms with van der Waals surface area (Å²) in [7, 11) is 1.70. The maximum absolute atomic E-state index is 5.23. The smallest absolute Gasteiger partial charge is 0.119 e. The zero-order valence-corrected chi connectivity index (χ0v) is 12.3. The van der Waals surface area contributed by atoms with Crippen LogP contribution >= 0.6 is 31.9 Å². The first-order valence-electron chi connectivity index (χ1n) is 5.09. The summed E-state index contributed by atoms with van der Waals surface area (Å²) in [5.74, 6) is 1.62. The molecule has 0 aliphatic heterocycles. The van der Waals surface area contributed by atoms with Gasteiger partial charge in [-0.15, -0.1) is 0 Å². The van der Waals surface area contributed by atoms with E-state index in [-0.39, 0.29) is 0 Å². The Balaban J connectivity index is 2.82. The third-order valence-corrected chi connectivity index (χ3v) is 4.25. The van der Waals surface area contributed by atoms with Gasteiger partial charge in [0.05, 0.1) is 7.11 Å². The topological polar surface area (TPSA) is 9.23 Å². The van der Waals surface area contributed by atoms with Crippen molar-refractivity contribution in [2.45, 2.75) is 19.8 Å². The van der Waals surface area contributed by atoms with Crippen LogP contribution < -0.4 is 4.74 Å². The first-order valence-corrected chi connectivity index (χ1v) is 7.01. The molecule has 1 atom stereocenters. The molecule has 0 heterocycles. The van der Waals surface area contributed by atoms with E-state index >= 15 is 0 Å². The van der Waals surface area contributed by atoms with Crippen LogP contribution in [0.1, 0.15) is 18.9 Å². The molecule has 0 saturated heterocycles. The lowest BCUT2D eigenvalue weighted by Gasteiger charge is -2.13. The van der Waals surface area contributed by atoms with Crippen LogP contribution in [0.2, 0.25) is 0 Å². The molecule has 0 aliphatic carbocycles. The minimum Gasteiger partial charge on any atom is -0.497 e. The fourth-order valence-electron chi connectivity index (χ4n) is 1.45. The van der Waals surface area contributed by atoms with Gasteiger partial charge < -0.3 is 4.74 Å². The quantitative estimate of drug-likeness (QED) is 0.724. The number of hydrogen-bond acceptors (Lipinski definition) is 1. The van der Waals surface area contributed by atoms with Gasteiger partial charge in [-0.05, 0) is 36.1 Å². The fourth-order valence-corrected chi connectivity index (χ4v) is 2.55. The van der Waals surface area contributed by atoms with Gasteiger partial charge in [0.25, 0.3) is 0 Å². The Morgan fingerprint density at radius 3 is 2.67 bits per heavy atom. The van der Waals surface area contributed by atoms with Gasteiger partial charge in [-0.3, -0.25) is 0 Å². The van der Waals surface area contributed by atoms with Gasteiger partial charge >= 0.3 is 0 Å². The number of halogens is 2. The molecule has 1 nitrogen and oxygen atoms in total. The summed E-state index contributed by atoms with van der Waals surface area (Å²) >= 11 is 7.12. The summed E-state index contributed by atoms with van der Waals surface area (Å²) in [5, 5.41) is 1.05. The van der Waals surface area contributed by atoms with Crippen LogP contribution in [0.3, 0.4) is 0 Å². The molecule has 1 aromatic carbocycles. The van der Waals surface area contributed by atoms with E-state index in [1.807, 2.05) is 6.07 Å². The van der Waals surface area contributed by atoms with Crippen molar-refractivity contribution in [3.05, 3.63) is 28.2 Å². The highest BCUT2D eigenvalue weighted by Gasteiger charge is 2.09. The number of rotatable bonds is 5. The average Bonchev–Trinajstić information content (AvgIpc) is 2.28. The molecule has 0 aromatic heterocycles. The lowest BCUT2D eigenvalue weighted by molar-refractivity contribution is 0.413. The lowest BCUT2D eigenvalue weighted by atomic mass is 9.99. The van der Waals surface area contributed by atoms with Crippen molar-refractivity contribution in [1.29, 1.82) is 0 Å². The highest BCUT2D eigenvalue weighted by molar-refractivity contribution is 9.10. The molecule has 15 heavy (non-hydrogen) atoms. The van der Waals surface area contributed by atoms with Gasteiger partial charge in [-0.25, -0.2) is 0 Å². The van der Waals surface area contributed by atoms with Gasteiger partial charge in [0, 0.05) is 9.80 Å². The Hall–Kier alpha value is -0.0200. The van der Waals surface area contributed by atoms with Crippen molar-refractivity contribution < 1.29 is 4.74 Å². The second-order valence-electron chi connectivity index (χ2n) is 3.59. The Bertz CT molecular complexity index is 308. The van der Waals surface area contributed by atoms with Crippen LogP contribution in [-0.4, -0.2) is 12.4 Å². The predicted molar refractivity (Wildman–Crippen MR) is 72.0 cm³/mol. The van der Waals surface area contributed by atoms with Crippen molar-refractivity contribution in [3.8, 4) is 5.75 Å². The SMILES string of the molecule is CCC(CBr)Cc1cc(OC)ccc1Br. The molecule has 0 bridgehead atoms. The largest absolute Gasteiger partial charge is 0.497 e. The minimum absolute atomic E-state index is 0.688. The van der Waals surface area contributed by atoms with E-state index in [0.29, 0.717) is 5.92 Å². The number of alkyl halides is 1. The van der Waals surface area contributed by atoms with E-state index in [4.69, 9.17) is 4.74 Å². The normalized spacial score (nSPS) is 12.5. The Morgan fingerprint density at radius 2 is 2.13 bits per heavy atom. The van der Waals surface area contributed by atoms with Gasteiger partial charge in [-0.2, -0.15) is 0 Å². The summed E-state index contributed by atoms with van der Waals surface area (Å²) in [6.45, 7) is 2.22. The van der Waals surface area contributed by atoms with Crippen LogP contribution in [0.25, 0.3) is 0 Å². The zero-order valence-electron chi connectivity index (χ0n) is 9.09. The summed E-state index contributed by atoms with van der Waals surface area (Å²) in [6, 6.07) is 6.13. The summed E-state index contributed by atoms with van der Waals surface area (Å²) in [6.07, 6.45) is 2.27. The summed E-state index contributed by atoms with van der Waals surface area (Å²) in [5.41, 5.74) is 1.32. The molecular formula is C12H16Br2O. The Morgan fingerprint density at radius 1 is 1.40 bits per heavy atom. The lowest BCUT2D eigenvalue weighted by Crippen LogP contribution is -2.05. The van der Waals surface area contributed by atoms with Gasteiger partial charge in [-0.1, -0.05) is 45.2 Å². The first-order chi connectivity index (χ1) is 7.21. The molecule has 3 heteroatoms. The van der Waals surface area contributed by atoms with E-state index in [1.165, 1.54) is 16.5 Å². The molecule has 1 rings (SSSR count). The molecule has 1 unspecified atom stereocenters. The van der Waals surface area contributed by atoms with Crippen molar-refractivity contribution >= 4 is 31.9 Å². The second-order valence-corrected chi connectivity index (χ2v) is 5.09. The minimum atomic E-state index is 0.688. The monoisotopic (exact) mass is 334 g/mol. The first kappa shape index (κ1) is 13.0. The Labute approximate surface area is 108 Å². The Kier molecular flexibility index (Phi) is 5.69. The van der Waals surface area contributed by atoms with Crippen molar-refractivity contribution in [3.63, 3.8) is 0 Å². The van der Waals surface area contributed by atoms with Gasteiger partial charge in [0.15, 0.2) is 0 Å². The second kappa shape index (κ2) is 6.54. The molecule has 0 saturated carbocycles. The molecule has 0 N–H and O–H groups in total. The van der Waals surface area contributed by atoms with Gasteiger partial charge in [0.2, 0.25) is 0 Å². The molecule has 0 spiro atoms. The van der Waals surface area contributed by atoms with E-state index in [1.54, 1.807) is 7.11 Å². The predicted octanol–water partition coefficient (Wildman–Crippen LogP) is 4.42. The highest BCUT2D eigenvalue weighted by Crippen LogP contribution is 2.26. The highest BCUT2D eigenvalue weighted by atomic mass is 79.9. The van der Waals surface area contributed by atoms with Crippen LogP contribution in [0.15, 0.2) is 22.7 Å². The maximum atomic E-state index is 5.23. The number of methoxy groups -OCH3 is 1. The van der Waals surface area contributed by atoms with Crippen LogP contribution in [0, 0.1) is 5.92 Å². The molecule has 0 aliphatic rings. The van der Waals surface area contributed by atoms with Crippen molar-refractivity contribution in [2.75, 3.05) is 12.4 Å². The molecule has 0 amide bonds. The molecule has 0 radical (unpaired) electrons. The van der Waals surface area contributed by atoms with Crippen molar-refractivity contribution in [2.24, 2.45) is 5.92 Å². The summed E-state index contributed by atoms with van der Waals surface area (Å²) in [4.78, 5) is 0. The van der Waals surface area contributed by atoms with E-state index in [2.05, 4.69) is 50.9 Å². The van der Waals surface area contributed by atoms with Crippen molar-refractivity contribution in [1.82, 2.24) is 0 Å². The zero-order chi connectivity index (χ0) is 11.3. The van der Waals surface area contributed by atoms with Gasteiger partial charge in [0.1, 0.15) is 5.75 Å². The van der Waals surface area contributed by atoms with E-state index < -0.39 is 0 Å². The molecule has 1 aromatic rings. The number of ether oxygens (including phenoxy) is 1. The summed E-state index contributed by atoms with van der Waals surface area (Å²) < 4.78 is 6.40.